The highest BCUT2D eigenvalue weighted by atomic mass is 16.3. The van der Waals surface area contributed by atoms with Gasteiger partial charge in [0, 0.05) is 5.56 Å². The maximum absolute atomic E-state index is 12.1. The van der Waals surface area contributed by atoms with Gasteiger partial charge in [-0.3, -0.25) is 4.79 Å². The van der Waals surface area contributed by atoms with E-state index >= 15 is 0 Å². The Hall–Kier alpha value is -2.29. The number of amides is 1. The Balaban J connectivity index is 1.76. The van der Waals surface area contributed by atoms with Gasteiger partial charge in [-0.2, -0.15) is 0 Å². The third kappa shape index (κ3) is 2.32. The number of hydrogen-bond acceptors (Lipinski definition) is 2. The molecule has 3 rings (SSSR count). The summed E-state index contributed by atoms with van der Waals surface area (Å²) in [4.78, 5) is 12.1. The van der Waals surface area contributed by atoms with E-state index in [1.165, 1.54) is 23.3 Å². The second-order valence-electron chi connectivity index (χ2n) is 4.81. The summed E-state index contributed by atoms with van der Waals surface area (Å²) in [7, 11) is 0. The van der Waals surface area contributed by atoms with Crippen LogP contribution < -0.4 is 5.32 Å². The molecule has 1 aliphatic carbocycles. The fraction of sp³-hybridized carbons (Fsp3) is 0.188. The molecule has 1 aliphatic rings. The molecular formula is C16H15NO2. The van der Waals surface area contributed by atoms with Gasteiger partial charge in [-0.25, -0.2) is 0 Å². The number of carbonyl (C=O) groups excluding carboxylic acids is 1. The number of carbonyl (C=O) groups is 1. The quantitative estimate of drug-likeness (QED) is 0.864. The van der Waals surface area contributed by atoms with Gasteiger partial charge in [0.1, 0.15) is 5.75 Å². The minimum Gasteiger partial charge on any atom is -0.508 e. The number of nitrogens with one attached hydrogen (secondary N) is 1. The zero-order chi connectivity index (χ0) is 13.2. The zero-order valence-corrected chi connectivity index (χ0v) is 10.5. The van der Waals surface area contributed by atoms with Crippen LogP contribution in [0.25, 0.3) is 0 Å². The molecule has 0 radical (unpaired) electrons. The molecule has 2 aromatic carbocycles. The van der Waals surface area contributed by atoms with E-state index < -0.39 is 0 Å². The van der Waals surface area contributed by atoms with Gasteiger partial charge < -0.3 is 10.4 Å². The van der Waals surface area contributed by atoms with Crippen molar-refractivity contribution in [3.63, 3.8) is 0 Å². The molecule has 0 bridgehead atoms. The number of phenolic OH excluding ortho intramolecular Hbond substituents is 1. The summed E-state index contributed by atoms with van der Waals surface area (Å²) in [5.41, 5.74) is 3.11. The van der Waals surface area contributed by atoms with E-state index in [1.807, 2.05) is 12.1 Å². The number of phenols is 1. The van der Waals surface area contributed by atoms with Crippen molar-refractivity contribution >= 4 is 5.91 Å². The summed E-state index contributed by atoms with van der Waals surface area (Å²) in [6, 6.07) is 14.6. The lowest BCUT2D eigenvalue weighted by atomic mass is 10.1. The second-order valence-corrected chi connectivity index (χ2v) is 4.81. The SMILES string of the molecule is O=C(NC1CCc2ccccc21)c1ccc(O)cc1. The molecule has 0 aromatic heterocycles. The fourth-order valence-electron chi connectivity index (χ4n) is 2.56. The number of aromatic hydroxyl groups is 1. The van der Waals surface area contributed by atoms with Crippen molar-refractivity contribution in [3.05, 3.63) is 65.2 Å². The molecular weight excluding hydrogens is 238 g/mol. The van der Waals surface area contributed by atoms with Crippen LogP contribution in [0.3, 0.4) is 0 Å². The Kier molecular flexibility index (Phi) is 2.95. The summed E-state index contributed by atoms with van der Waals surface area (Å²) < 4.78 is 0. The van der Waals surface area contributed by atoms with Crippen LogP contribution in [0.1, 0.15) is 33.9 Å². The van der Waals surface area contributed by atoms with Gasteiger partial charge in [0.15, 0.2) is 0 Å². The van der Waals surface area contributed by atoms with Crippen LogP contribution in [0.2, 0.25) is 0 Å². The van der Waals surface area contributed by atoms with Crippen molar-refractivity contribution in [3.8, 4) is 5.75 Å². The predicted octanol–water partition coefficient (Wildman–Crippen LogP) is 2.81. The molecule has 96 valence electrons. The molecule has 2 aromatic rings. The van der Waals surface area contributed by atoms with Gasteiger partial charge >= 0.3 is 0 Å². The molecule has 19 heavy (non-hydrogen) atoms. The van der Waals surface area contributed by atoms with Crippen molar-refractivity contribution in [1.29, 1.82) is 0 Å². The van der Waals surface area contributed by atoms with Crippen molar-refractivity contribution < 1.29 is 9.90 Å². The molecule has 0 heterocycles. The van der Waals surface area contributed by atoms with Crippen molar-refractivity contribution in [2.24, 2.45) is 0 Å². The average molecular weight is 253 g/mol. The first-order valence-electron chi connectivity index (χ1n) is 6.42. The van der Waals surface area contributed by atoms with Crippen LogP contribution in [0.15, 0.2) is 48.5 Å². The standard InChI is InChI=1S/C16H15NO2/c18-13-8-5-12(6-9-13)16(19)17-15-10-7-11-3-1-2-4-14(11)15/h1-6,8-9,15,18H,7,10H2,(H,17,19). The molecule has 1 amide bonds. The highest BCUT2D eigenvalue weighted by Gasteiger charge is 2.23. The second kappa shape index (κ2) is 4.76. The van der Waals surface area contributed by atoms with Gasteiger partial charge in [0.05, 0.1) is 6.04 Å². The first-order valence-corrected chi connectivity index (χ1v) is 6.42. The van der Waals surface area contributed by atoms with Gasteiger partial charge in [-0.1, -0.05) is 24.3 Å². The summed E-state index contributed by atoms with van der Waals surface area (Å²) in [6.45, 7) is 0. The Morgan fingerprint density at radius 3 is 2.63 bits per heavy atom. The fourth-order valence-corrected chi connectivity index (χ4v) is 2.56. The molecule has 0 aliphatic heterocycles. The van der Waals surface area contributed by atoms with Crippen LogP contribution in [-0.4, -0.2) is 11.0 Å². The highest BCUT2D eigenvalue weighted by Crippen LogP contribution is 2.30. The topological polar surface area (TPSA) is 49.3 Å². The van der Waals surface area contributed by atoms with Crippen molar-refractivity contribution in [2.45, 2.75) is 18.9 Å². The normalized spacial score (nSPS) is 16.9. The van der Waals surface area contributed by atoms with Crippen LogP contribution >= 0.6 is 0 Å². The molecule has 0 fully saturated rings. The maximum atomic E-state index is 12.1. The monoisotopic (exact) mass is 253 g/mol. The van der Waals surface area contributed by atoms with E-state index in [-0.39, 0.29) is 17.7 Å². The Morgan fingerprint density at radius 2 is 1.84 bits per heavy atom. The highest BCUT2D eigenvalue weighted by molar-refractivity contribution is 5.94. The van der Waals surface area contributed by atoms with Crippen molar-refractivity contribution in [1.82, 2.24) is 5.32 Å². The molecule has 0 saturated carbocycles. The minimum atomic E-state index is -0.0956. The largest absolute Gasteiger partial charge is 0.508 e. The number of benzene rings is 2. The smallest absolute Gasteiger partial charge is 0.251 e. The maximum Gasteiger partial charge on any atom is 0.251 e. The van der Waals surface area contributed by atoms with Crippen molar-refractivity contribution in [2.75, 3.05) is 0 Å². The van der Waals surface area contributed by atoms with E-state index in [0.29, 0.717) is 5.56 Å². The van der Waals surface area contributed by atoms with Gasteiger partial charge in [-0.05, 0) is 48.2 Å². The van der Waals surface area contributed by atoms with Gasteiger partial charge in [0.25, 0.3) is 5.91 Å². The zero-order valence-electron chi connectivity index (χ0n) is 10.5. The van der Waals surface area contributed by atoms with E-state index in [9.17, 15) is 9.90 Å². The molecule has 1 atom stereocenters. The number of aryl methyl sites for hydroxylation is 1. The lowest BCUT2D eigenvalue weighted by Crippen LogP contribution is -2.27. The number of hydrogen-bond donors (Lipinski definition) is 2. The lowest BCUT2D eigenvalue weighted by molar-refractivity contribution is 0.0936. The van der Waals surface area contributed by atoms with Gasteiger partial charge in [0.2, 0.25) is 0 Å². The van der Waals surface area contributed by atoms with E-state index in [0.717, 1.165) is 12.8 Å². The molecule has 3 nitrogen and oxygen atoms in total. The first-order chi connectivity index (χ1) is 9.24. The number of fused-ring (bicyclic) bond motifs is 1. The minimum absolute atomic E-state index is 0.0949. The molecule has 2 N–H and O–H groups in total. The van der Waals surface area contributed by atoms with E-state index in [1.54, 1.807) is 12.1 Å². The van der Waals surface area contributed by atoms with Crippen LogP contribution in [0.5, 0.6) is 5.75 Å². The Labute approximate surface area is 111 Å². The van der Waals surface area contributed by atoms with E-state index in [2.05, 4.69) is 17.4 Å². The summed E-state index contributed by atoms with van der Waals surface area (Å²) >= 11 is 0. The van der Waals surface area contributed by atoms with Crippen LogP contribution in [0.4, 0.5) is 0 Å². The summed E-state index contributed by atoms with van der Waals surface area (Å²) in [5.74, 6) is 0.0736. The third-order valence-electron chi connectivity index (χ3n) is 3.57. The van der Waals surface area contributed by atoms with Crippen LogP contribution in [-0.2, 0) is 6.42 Å². The molecule has 3 heteroatoms. The Bertz CT molecular complexity index is 604. The summed E-state index contributed by atoms with van der Waals surface area (Å²) in [5, 5.41) is 12.3. The predicted molar refractivity (Wildman–Crippen MR) is 73.1 cm³/mol. The summed E-state index contributed by atoms with van der Waals surface area (Å²) in [6.07, 6.45) is 1.96. The third-order valence-corrected chi connectivity index (χ3v) is 3.57. The van der Waals surface area contributed by atoms with Gasteiger partial charge in [-0.15, -0.1) is 0 Å². The average Bonchev–Trinajstić information content (AvgIpc) is 2.83. The molecule has 0 spiro atoms. The molecule has 0 saturated heterocycles. The van der Waals surface area contributed by atoms with E-state index in [4.69, 9.17) is 0 Å². The number of rotatable bonds is 2. The Morgan fingerprint density at radius 1 is 1.11 bits per heavy atom. The first kappa shape index (κ1) is 11.8. The van der Waals surface area contributed by atoms with Crippen LogP contribution in [0, 0.1) is 0 Å². The lowest BCUT2D eigenvalue weighted by Gasteiger charge is -2.14. The molecule has 1 unspecified atom stereocenters.